The van der Waals surface area contributed by atoms with E-state index in [9.17, 15) is 9.59 Å². The Kier molecular flexibility index (Phi) is 3.88. The summed E-state index contributed by atoms with van der Waals surface area (Å²) in [5, 5.41) is 9.58. The number of carbonyl (C=O) groups excluding carboxylic acids is 2. The van der Waals surface area contributed by atoms with E-state index in [1.165, 1.54) is 16.2 Å². The van der Waals surface area contributed by atoms with Gasteiger partial charge in [-0.2, -0.15) is 11.3 Å². The third-order valence-electron chi connectivity index (χ3n) is 4.86. The van der Waals surface area contributed by atoms with E-state index in [1.807, 2.05) is 22.2 Å². The van der Waals surface area contributed by atoms with E-state index in [0.29, 0.717) is 22.8 Å². The monoisotopic (exact) mass is 413 g/mol. The molecule has 5 rings (SSSR count). The minimum atomic E-state index is -1.16. The van der Waals surface area contributed by atoms with Crippen LogP contribution >= 0.6 is 22.7 Å². The van der Waals surface area contributed by atoms with Crippen LogP contribution in [-0.2, 0) is 16.9 Å². The van der Waals surface area contributed by atoms with E-state index in [0.717, 1.165) is 10.6 Å². The van der Waals surface area contributed by atoms with Crippen molar-refractivity contribution in [3.63, 3.8) is 0 Å². The van der Waals surface area contributed by atoms with Gasteiger partial charge in [-0.3, -0.25) is 9.69 Å². The molecule has 1 atom stereocenters. The molecule has 142 valence electrons. The van der Waals surface area contributed by atoms with Crippen molar-refractivity contribution in [1.29, 1.82) is 0 Å². The fourth-order valence-electron chi connectivity index (χ4n) is 3.30. The Balaban J connectivity index is 1.40. The Morgan fingerprint density at radius 1 is 1.21 bits per heavy atom. The van der Waals surface area contributed by atoms with Gasteiger partial charge in [0.15, 0.2) is 11.5 Å². The molecule has 0 aliphatic carbocycles. The molecule has 0 radical (unpaired) electrons. The highest BCUT2D eigenvalue weighted by atomic mass is 32.1. The normalized spacial score (nSPS) is 20.7. The SMILES string of the molecule is C[C@@]1(c2ccc3c(c2)OCO3)NC(=O)N(Cc2csc(-c3ccsc3)n2)C1=O. The summed E-state index contributed by atoms with van der Waals surface area (Å²) in [6, 6.07) is 6.82. The van der Waals surface area contributed by atoms with Gasteiger partial charge < -0.3 is 14.8 Å². The maximum atomic E-state index is 13.1. The summed E-state index contributed by atoms with van der Waals surface area (Å²) < 4.78 is 10.7. The van der Waals surface area contributed by atoms with Crippen molar-refractivity contribution in [3.8, 4) is 22.1 Å². The van der Waals surface area contributed by atoms with Gasteiger partial charge in [0.2, 0.25) is 6.79 Å². The number of thiophene rings is 1. The number of nitrogens with zero attached hydrogens (tertiary/aromatic N) is 2. The van der Waals surface area contributed by atoms with Crippen molar-refractivity contribution in [2.75, 3.05) is 6.79 Å². The minimum Gasteiger partial charge on any atom is -0.454 e. The second kappa shape index (κ2) is 6.32. The fourth-order valence-corrected chi connectivity index (χ4v) is 4.83. The Hall–Kier alpha value is -2.91. The number of hydrogen-bond acceptors (Lipinski definition) is 7. The van der Waals surface area contributed by atoms with Gasteiger partial charge >= 0.3 is 6.03 Å². The zero-order valence-electron chi connectivity index (χ0n) is 14.8. The summed E-state index contributed by atoms with van der Waals surface area (Å²) in [7, 11) is 0. The van der Waals surface area contributed by atoms with Crippen LogP contribution in [0, 0.1) is 0 Å². The van der Waals surface area contributed by atoms with Gasteiger partial charge in [0.1, 0.15) is 10.5 Å². The Bertz CT molecular complexity index is 1080. The van der Waals surface area contributed by atoms with Crippen LogP contribution in [0.2, 0.25) is 0 Å². The molecule has 3 amide bonds. The smallest absolute Gasteiger partial charge is 0.325 e. The number of hydrogen-bond donors (Lipinski definition) is 1. The van der Waals surface area contributed by atoms with Crippen molar-refractivity contribution in [2.24, 2.45) is 0 Å². The number of amides is 3. The van der Waals surface area contributed by atoms with Gasteiger partial charge in [-0.15, -0.1) is 11.3 Å². The maximum Gasteiger partial charge on any atom is 0.325 e. The Morgan fingerprint density at radius 3 is 2.89 bits per heavy atom. The van der Waals surface area contributed by atoms with E-state index < -0.39 is 11.6 Å². The molecule has 0 bridgehead atoms. The molecule has 1 N–H and O–H groups in total. The average Bonchev–Trinajstić information content (AvgIpc) is 3.47. The number of benzene rings is 1. The highest BCUT2D eigenvalue weighted by Crippen LogP contribution is 2.38. The van der Waals surface area contributed by atoms with Crippen molar-refractivity contribution in [3.05, 3.63) is 51.7 Å². The first-order chi connectivity index (χ1) is 13.5. The number of imide groups is 1. The van der Waals surface area contributed by atoms with E-state index in [2.05, 4.69) is 10.3 Å². The molecule has 7 nitrogen and oxygen atoms in total. The molecule has 4 heterocycles. The van der Waals surface area contributed by atoms with Crippen molar-refractivity contribution in [2.45, 2.75) is 19.0 Å². The van der Waals surface area contributed by atoms with Crippen LogP contribution < -0.4 is 14.8 Å². The highest BCUT2D eigenvalue weighted by molar-refractivity contribution is 7.14. The van der Waals surface area contributed by atoms with Crippen molar-refractivity contribution >= 4 is 34.6 Å². The highest BCUT2D eigenvalue weighted by Gasteiger charge is 2.49. The molecule has 28 heavy (non-hydrogen) atoms. The average molecular weight is 413 g/mol. The van der Waals surface area contributed by atoms with Crippen LogP contribution in [0.15, 0.2) is 40.4 Å². The first kappa shape index (κ1) is 17.2. The molecule has 0 unspecified atom stereocenters. The summed E-state index contributed by atoms with van der Waals surface area (Å²) in [4.78, 5) is 31.5. The molecule has 2 aliphatic rings. The first-order valence-electron chi connectivity index (χ1n) is 8.56. The van der Waals surface area contributed by atoms with Gasteiger partial charge in [-0.05, 0) is 36.1 Å². The van der Waals surface area contributed by atoms with Crippen LogP contribution in [0.25, 0.3) is 10.6 Å². The molecular formula is C19H15N3O4S2. The van der Waals surface area contributed by atoms with Crippen LogP contribution in [0.1, 0.15) is 18.2 Å². The Labute approximate surface area is 168 Å². The topological polar surface area (TPSA) is 80.8 Å². The van der Waals surface area contributed by atoms with Gasteiger partial charge in [-0.1, -0.05) is 6.07 Å². The van der Waals surface area contributed by atoms with Crippen molar-refractivity contribution < 1.29 is 19.1 Å². The van der Waals surface area contributed by atoms with E-state index in [-0.39, 0.29) is 19.2 Å². The number of fused-ring (bicyclic) bond motifs is 1. The molecule has 1 saturated heterocycles. The quantitative estimate of drug-likeness (QED) is 0.662. The molecular weight excluding hydrogens is 398 g/mol. The molecule has 0 spiro atoms. The minimum absolute atomic E-state index is 0.130. The van der Waals surface area contributed by atoms with Crippen LogP contribution in [0.4, 0.5) is 4.79 Å². The Morgan fingerprint density at radius 2 is 2.07 bits per heavy atom. The lowest BCUT2D eigenvalue weighted by Gasteiger charge is -2.22. The third kappa shape index (κ3) is 2.66. The fraction of sp³-hybridized carbons (Fsp3) is 0.211. The predicted octanol–water partition coefficient (Wildman–Crippen LogP) is 3.57. The predicted molar refractivity (Wildman–Crippen MR) is 104 cm³/mol. The summed E-state index contributed by atoms with van der Waals surface area (Å²) in [6.07, 6.45) is 0. The molecule has 2 aliphatic heterocycles. The van der Waals surface area contributed by atoms with Crippen LogP contribution in [-0.4, -0.2) is 28.6 Å². The largest absolute Gasteiger partial charge is 0.454 e. The molecule has 9 heteroatoms. The summed E-state index contributed by atoms with van der Waals surface area (Å²) in [5.41, 5.74) is 1.22. The number of rotatable bonds is 4. The number of ether oxygens (including phenoxy) is 2. The molecule has 2 aromatic heterocycles. The lowest BCUT2D eigenvalue weighted by Crippen LogP contribution is -2.40. The number of carbonyl (C=O) groups is 2. The van der Waals surface area contributed by atoms with Crippen molar-refractivity contribution in [1.82, 2.24) is 15.2 Å². The lowest BCUT2D eigenvalue weighted by molar-refractivity contribution is -0.131. The number of thiazole rings is 1. The van der Waals surface area contributed by atoms with E-state index >= 15 is 0 Å². The van der Waals surface area contributed by atoms with Gasteiger partial charge in [-0.25, -0.2) is 9.78 Å². The van der Waals surface area contributed by atoms with E-state index in [4.69, 9.17) is 9.47 Å². The molecule has 3 aromatic rings. The van der Waals surface area contributed by atoms with E-state index in [1.54, 1.807) is 36.5 Å². The second-order valence-electron chi connectivity index (χ2n) is 6.67. The maximum absolute atomic E-state index is 13.1. The first-order valence-corrected chi connectivity index (χ1v) is 10.4. The zero-order valence-corrected chi connectivity index (χ0v) is 16.4. The summed E-state index contributed by atoms with van der Waals surface area (Å²) in [5.74, 6) is 0.880. The molecule has 1 aromatic carbocycles. The number of urea groups is 1. The molecule has 1 fully saturated rings. The zero-order chi connectivity index (χ0) is 19.3. The number of nitrogens with one attached hydrogen (secondary N) is 1. The standard InChI is InChI=1S/C19H15N3O4S2/c1-19(12-2-3-14-15(6-12)26-10-25-14)17(23)22(18(24)21-19)7-13-9-28-16(20-13)11-4-5-27-8-11/h2-6,8-9H,7,10H2,1H3,(H,21,24)/t19-/m0/s1. The van der Waals surface area contributed by atoms with Gasteiger partial charge in [0, 0.05) is 16.3 Å². The van der Waals surface area contributed by atoms with Gasteiger partial charge in [0.05, 0.1) is 12.2 Å². The summed E-state index contributed by atoms with van der Waals surface area (Å²) >= 11 is 3.10. The van der Waals surface area contributed by atoms with Crippen LogP contribution in [0.5, 0.6) is 11.5 Å². The molecule has 0 saturated carbocycles. The summed E-state index contributed by atoms with van der Waals surface area (Å²) in [6.45, 7) is 1.98. The number of aromatic nitrogens is 1. The van der Waals surface area contributed by atoms with Gasteiger partial charge in [0.25, 0.3) is 5.91 Å². The lowest BCUT2D eigenvalue weighted by atomic mass is 9.91. The second-order valence-corrected chi connectivity index (χ2v) is 8.31. The van der Waals surface area contributed by atoms with Crippen LogP contribution in [0.3, 0.4) is 0 Å². The third-order valence-corrected chi connectivity index (χ3v) is 6.49.